The molecular formula is C28H40N2O6S. The zero-order valence-corrected chi connectivity index (χ0v) is 23.2. The number of thiazole rings is 1. The zero-order valence-electron chi connectivity index (χ0n) is 22.4. The van der Waals surface area contributed by atoms with Gasteiger partial charge in [-0.25, -0.2) is 4.98 Å². The molecular weight excluding hydrogens is 492 g/mol. The molecule has 0 radical (unpaired) electrons. The molecule has 2 aliphatic rings. The van der Waals surface area contributed by atoms with E-state index in [2.05, 4.69) is 11.9 Å². The van der Waals surface area contributed by atoms with Crippen LogP contribution in [0.3, 0.4) is 0 Å². The van der Waals surface area contributed by atoms with Crippen molar-refractivity contribution in [1.29, 1.82) is 0 Å². The Labute approximate surface area is 222 Å². The van der Waals surface area contributed by atoms with Gasteiger partial charge in [0, 0.05) is 18.9 Å². The summed E-state index contributed by atoms with van der Waals surface area (Å²) in [7, 11) is 0. The van der Waals surface area contributed by atoms with E-state index < -0.39 is 35.6 Å². The number of ether oxygens (including phenoxy) is 2. The lowest BCUT2D eigenvalue weighted by Crippen LogP contribution is -2.45. The van der Waals surface area contributed by atoms with E-state index in [0.29, 0.717) is 13.0 Å². The highest BCUT2D eigenvalue weighted by Gasteiger charge is 2.53. The highest BCUT2D eigenvalue weighted by Crippen LogP contribution is 2.47. The molecule has 0 spiro atoms. The van der Waals surface area contributed by atoms with Crippen LogP contribution in [0, 0.1) is 17.3 Å². The van der Waals surface area contributed by atoms with Gasteiger partial charge in [0.2, 0.25) is 0 Å². The van der Waals surface area contributed by atoms with Crippen molar-refractivity contribution < 1.29 is 29.3 Å². The SMILES string of the molecule is CC1CCCC2(C)OC2CC(c2ccc3sc(CN)nc3c2)OC(=O)CC(O)C(C)(C)C(=O)C(C)C1O. The first kappa shape index (κ1) is 28.1. The van der Waals surface area contributed by atoms with Crippen molar-refractivity contribution in [2.45, 2.75) is 103 Å². The van der Waals surface area contributed by atoms with Crippen molar-refractivity contribution >= 4 is 33.3 Å². The summed E-state index contributed by atoms with van der Waals surface area (Å²) in [4.78, 5) is 30.9. The Hall–Kier alpha value is -1.91. The van der Waals surface area contributed by atoms with E-state index >= 15 is 0 Å². The number of esters is 1. The standard InChI is InChI=1S/C28H40N2O6S/c1-15-7-6-10-28(5)22(36-28)12-19(17-8-9-20-18(11-17)30-23(14-29)37-20)35-24(32)13-21(31)27(3,4)26(34)16(2)25(15)33/h8-9,11,15-16,19,21-22,25,31,33H,6-7,10,12-14,29H2,1-5H3. The Bertz CT molecular complexity index is 1150. The fraction of sp³-hybridized carbons (Fsp3) is 0.679. The number of carbonyl (C=O) groups is 2. The molecule has 0 bridgehead atoms. The number of fused-ring (bicyclic) bond motifs is 2. The summed E-state index contributed by atoms with van der Waals surface area (Å²) in [6.07, 6.45) is -0.162. The molecule has 0 amide bonds. The maximum atomic E-state index is 13.3. The Kier molecular flexibility index (Phi) is 8.12. The third kappa shape index (κ3) is 5.91. The Morgan fingerprint density at radius 3 is 2.62 bits per heavy atom. The highest BCUT2D eigenvalue weighted by atomic mass is 32.1. The number of benzene rings is 1. The van der Waals surface area contributed by atoms with Crippen LogP contribution in [0.25, 0.3) is 10.2 Å². The van der Waals surface area contributed by atoms with Gasteiger partial charge in [-0.15, -0.1) is 11.3 Å². The summed E-state index contributed by atoms with van der Waals surface area (Å²) in [6.45, 7) is 9.32. The molecule has 1 aromatic carbocycles. The number of hydrogen-bond donors (Lipinski definition) is 3. The smallest absolute Gasteiger partial charge is 0.309 e. The number of hydrogen-bond acceptors (Lipinski definition) is 9. The maximum absolute atomic E-state index is 13.3. The van der Waals surface area contributed by atoms with E-state index in [-0.39, 0.29) is 29.8 Å². The van der Waals surface area contributed by atoms with Crippen LogP contribution in [0.5, 0.6) is 0 Å². The fourth-order valence-corrected chi connectivity index (χ4v) is 6.33. The Balaban J connectivity index is 1.62. The number of aliphatic hydroxyl groups is 2. The molecule has 1 aromatic heterocycles. The van der Waals surface area contributed by atoms with Gasteiger partial charge < -0.3 is 25.4 Å². The monoisotopic (exact) mass is 532 g/mol. The number of Topliss-reactive ketones (excluding diaryl/α,β-unsaturated/α-hetero) is 1. The number of nitrogens with zero attached hydrogens (tertiary/aromatic N) is 1. The minimum absolute atomic E-state index is 0.0777. The molecule has 7 atom stereocenters. The number of cyclic esters (lactones) is 1. The molecule has 4 N–H and O–H groups in total. The number of epoxide rings is 1. The van der Waals surface area contributed by atoms with Crippen LogP contribution in [0.1, 0.15) is 83.4 Å². The van der Waals surface area contributed by atoms with Gasteiger partial charge in [0.25, 0.3) is 0 Å². The number of carbonyl (C=O) groups excluding carboxylic acids is 2. The van der Waals surface area contributed by atoms with Crippen molar-refractivity contribution in [3.8, 4) is 0 Å². The number of aromatic nitrogens is 1. The van der Waals surface area contributed by atoms with Crippen molar-refractivity contribution in [2.75, 3.05) is 0 Å². The minimum atomic E-state index is -1.25. The average molecular weight is 533 g/mol. The number of rotatable bonds is 2. The summed E-state index contributed by atoms with van der Waals surface area (Å²) in [5.74, 6) is -1.60. The average Bonchev–Trinajstić information content (AvgIpc) is 3.29. The van der Waals surface area contributed by atoms with Crippen LogP contribution in [0.15, 0.2) is 18.2 Å². The molecule has 0 saturated carbocycles. The van der Waals surface area contributed by atoms with Crippen LogP contribution < -0.4 is 5.73 Å². The molecule has 9 heteroatoms. The van der Waals surface area contributed by atoms with E-state index in [4.69, 9.17) is 15.2 Å². The predicted molar refractivity (Wildman–Crippen MR) is 142 cm³/mol. The largest absolute Gasteiger partial charge is 0.457 e. The molecule has 7 unspecified atom stereocenters. The molecule has 2 fully saturated rings. The van der Waals surface area contributed by atoms with Gasteiger partial charge in [0.15, 0.2) is 0 Å². The summed E-state index contributed by atoms with van der Waals surface area (Å²) < 4.78 is 13.0. The summed E-state index contributed by atoms with van der Waals surface area (Å²) in [5.41, 5.74) is 5.83. The second-order valence-electron chi connectivity index (χ2n) is 11.6. The topological polar surface area (TPSA) is 135 Å². The molecule has 2 saturated heterocycles. The van der Waals surface area contributed by atoms with E-state index in [1.807, 2.05) is 25.1 Å². The number of aliphatic hydroxyl groups excluding tert-OH is 2. The molecule has 204 valence electrons. The molecule has 0 aliphatic carbocycles. The quantitative estimate of drug-likeness (QED) is 0.389. The van der Waals surface area contributed by atoms with Gasteiger partial charge in [0.05, 0.1) is 46.0 Å². The third-order valence-electron chi connectivity index (χ3n) is 8.41. The van der Waals surface area contributed by atoms with E-state index in [1.165, 1.54) is 11.3 Å². The van der Waals surface area contributed by atoms with Crippen LogP contribution in [-0.4, -0.2) is 50.9 Å². The number of nitrogens with two attached hydrogens (primary N) is 1. The van der Waals surface area contributed by atoms with Gasteiger partial charge in [-0.05, 0) is 43.4 Å². The van der Waals surface area contributed by atoms with Gasteiger partial charge in [0.1, 0.15) is 16.9 Å². The van der Waals surface area contributed by atoms with E-state index in [1.54, 1.807) is 20.8 Å². The Morgan fingerprint density at radius 1 is 1.19 bits per heavy atom. The first-order chi connectivity index (χ1) is 17.4. The van der Waals surface area contributed by atoms with Gasteiger partial charge in [-0.1, -0.05) is 40.2 Å². The minimum Gasteiger partial charge on any atom is -0.457 e. The molecule has 2 aliphatic heterocycles. The molecule has 2 aromatic rings. The summed E-state index contributed by atoms with van der Waals surface area (Å²) in [6, 6.07) is 5.83. The maximum Gasteiger partial charge on any atom is 0.309 e. The summed E-state index contributed by atoms with van der Waals surface area (Å²) in [5, 5.41) is 22.6. The highest BCUT2D eigenvalue weighted by molar-refractivity contribution is 7.18. The van der Waals surface area contributed by atoms with E-state index in [0.717, 1.165) is 40.1 Å². The summed E-state index contributed by atoms with van der Waals surface area (Å²) >= 11 is 1.54. The molecule has 3 heterocycles. The predicted octanol–water partition coefficient (Wildman–Crippen LogP) is 4.05. The van der Waals surface area contributed by atoms with Crippen molar-refractivity contribution in [2.24, 2.45) is 23.0 Å². The van der Waals surface area contributed by atoms with E-state index in [9.17, 15) is 19.8 Å². The van der Waals surface area contributed by atoms with Gasteiger partial charge >= 0.3 is 5.97 Å². The van der Waals surface area contributed by atoms with Crippen molar-refractivity contribution in [3.63, 3.8) is 0 Å². The lowest BCUT2D eigenvalue weighted by molar-refractivity contribution is -0.156. The van der Waals surface area contributed by atoms with Crippen LogP contribution in [-0.2, 0) is 25.6 Å². The van der Waals surface area contributed by atoms with Gasteiger partial charge in [-0.3, -0.25) is 9.59 Å². The first-order valence-electron chi connectivity index (χ1n) is 13.2. The lowest BCUT2D eigenvalue weighted by atomic mass is 9.73. The molecule has 4 rings (SSSR count). The second-order valence-corrected chi connectivity index (χ2v) is 12.7. The van der Waals surface area contributed by atoms with Gasteiger partial charge in [-0.2, -0.15) is 0 Å². The van der Waals surface area contributed by atoms with Crippen molar-refractivity contribution in [3.05, 3.63) is 28.8 Å². The fourth-order valence-electron chi connectivity index (χ4n) is 5.50. The van der Waals surface area contributed by atoms with Crippen molar-refractivity contribution in [1.82, 2.24) is 4.98 Å². The second kappa shape index (κ2) is 10.7. The number of ketones is 1. The zero-order chi connectivity index (χ0) is 27.1. The van der Waals surface area contributed by atoms with Crippen LogP contribution in [0.2, 0.25) is 0 Å². The first-order valence-corrected chi connectivity index (χ1v) is 14.0. The normalized spacial score (nSPS) is 35.7. The lowest BCUT2D eigenvalue weighted by Gasteiger charge is -2.34. The van der Waals surface area contributed by atoms with Crippen LogP contribution in [0.4, 0.5) is 0 Å². The van der Waals surface area contributed by atoms with Crippen LogP contribution >= 0.6 is 11.3 Å². The molecule has 37 heavy (non-hydrogen) atoms. The Morgan fingerprint density at radius 2 is 1.92 bits per heavy atom. The third-order valence-corrected chi connectivity index (χ3v) is 9.47. The molecule has 8 nitrogen and oxygen atoms in total.